The SMILES string of the molecule is CCOC(=O)c1c(C)[nH]c(C(=O)CN2C[C@@H](C(=O)OC)Oc3ccccc32)c1C. The van der Waals surface area contributed by atoms with Crippen LogP contribution in [0.4, 0.5) is 5.69 Å². The Morgan fingerprint density at radius 3 is 2.66 bits per heavy atom. The number of hydrogen-bond donors (Lipinski definition) is 1. The molecule has 0 unspecified atom stereocenters. The van der Waals surface area contributed by atoms with Crippen molar-refractivity contribution in [3.63, 3.8) is 0 Å². The van der Waals surface area contributed by atoms with E-state index in [1.165, 1.54) is 7.11 Å². The molecule has 154 valence electrons. The largest absolute Gasteiger partial charge is 0.475 e. The molecule has 8 nitrogen and oxygen atoms in total. The summed E-state index contributed by atoms with van der Waals surface area (Å²) in [5.41, 5.74) is 2.58. The predicted octanol–water partition coefficient (Wildman–Crippen LogP) is 2.43. The van der Waals surface area contributed by atoms with Gasteiger partial charge in [-0.05, 0) is 38.5 Å². The summed E-state index contributed by atoms with van der Waals surface area (Å²) in [5.74, 6) is -0.663. The molecule has 0 saturated carbocycles. The highest BCUT2D eigenvalue weighted by atomic mass is 16.6. The van der Waals surface area contributed by atoms with Gasteiger partial charge in [0.2, 0.25) is 6.10 Å². The van der Waals surface area contributed by atoms with Gasteiger partial charge in [-0.1, -0.05) is 12.1 Å². The number of ketones is 1. The zero-order valence-electron chi connectivity index (χ0n) is 16.9. The predicted molar refractivity (Wildman–Crippen MR) is 106 cm³/mol. The van der Waals surface area contributed by atoms with E-state index in [1.54, 1.807) is 37.8 Å². The number of carbonyl (C=O) groups excluding carboxylic acids is 3. The molecule has 3 rings (SSSR count). The first kappa shape index (κ1) is 20.4. The second kappa shape index (κ2) is 8.38. The average Bonchev–Trinajstić information content (AvgIpc) is 3.01. The zero-order valence-corrected chi connectivity index (χ0v) is 16.9. The quantitative estimate of drug-likeness (QED) is 0.587. The molecule has 2 aromatic rings. The number of nitrogens with zero attached hydrogens (tertiary/aromatic N) is 1. The molecule has 1 aromatic heterocycles. The van der Waals surface area contributed by atoms with E-state index in [0.29, 0.717) is 34.0 Å². The van der Waals surface area contributed by atoms with E-state index in [1.807, 2.05) is 12.1 Å². The summed E-state index contributed by atoms with van der Waals surface area (Å²) in [7, 11) is 1.30. The number of ether oxygens (including phenoxy) is 3. The smallest absolute Gasteiger partial charge is 0.348 e. The third kappa shape index (κ3) is 3.96. The number of esters is 2. The molecule has 0 bridgehead atoms. The molecule has 2 heterocycles. The van der Waals surface area contributed by atoms with Crippen LogP contribution in [-0.4, -0.2) is 55.6 Å². The highest BCUT2D eigenvalue weighted by molar-refractivity contribution is 6.03. The number of para-hydroxylation sites is 2. The van der Waals surface area contributed by atoms with Crippen LogP contribution in [0, 0.1) is 13.8 Å². The minimum atomic E-state index is -0.829. The van der Waals surface area contributed by atoms with Gasteiger partial charge >= 0.3 is 11.9 Å². The van der Waals surface area contributed by atoms with Crippen LogP contribution in [0.3, 0.4) is 0 Å². The summed E-state index contributed by atoms with van der Waals surface area (Å²) in [6, 6.07) is 7.20. The molecule has 0 radical (unpaired) electrons. The van der Waals surface area contributed by atoms with Gasteiger partial charge in [-0.2, -0.15) is 0 Å². The number of aryl methyl sites for hydroxylation is 1. The Balaban J connectivity index is 1.87. The summed E-state index contributed by atoms with van der Waals surface area (Å²) in [5, 5.41) is 0. The van der Waals surface area contributed by atoms with E-state index >= 15 is 0 Å². The first-order chi connectivity index (χ1) is 13.9. The van der Waals surface area contributed by atoms with E-state index < -0.39 is 18.0 Å². The Labute approximate surface area is 168 Å². The molecular weight excluding hydrogens is 376 g/mol. The number of fused-ring (bicyclic) bond motifs is 1. The maximum Gasteiger partial charge on any atom is 0.348 e. The highest BCUT2D eigenvalue weighted by Gasteiger charge is 2.33. The number of benzene rings is 1. The van der Waals surface area contributed by atoms with Crippen molar-refractivity contribution in [2.45, 2.75) is 26.9 Å². The molecule has 0 saturated heterocycles. The summed E-state index contributed by atoms with van der Waals surface area (Å²) < 4.78 is 15.6. The van der Waals surface area contributed by atoms with Gasteiger partial charge in [-0.15, -0.1) is 0 Å². The third-order valence-corrected chi connectivity index (χ3v) is 4.86. The van der Waals surface area contributed by atoms with Gasteiger partial charge in [0, 0.05) is 5.69 Å². The molecule has 0 amide bonds. The monoisotopic (exact) mass is 400 g/mol. The van der Waals surface area contributed by atoms with Gasteiger partial charge in [-0.25, -0.2) is 9.59 Å². The van der Waals surface area contributed by atoms with E-state index in [2.05, 4.69) is 4.98 Å². The van der Waals surface area contributed by atoms with Crippen LogP contribution in [0.15, 0.2) is 24.3 Å². The molecule has 29 heavy (non-hydrogen) atoms. The van der Waals surface area contributed by atoms with Gasteiger partial charge in [0.25, 0.3) is 0 Å². The van der Waals surface area contributed by atoms with Gasteiger partial charge in [-0.3, -0.25) is 4.79 Å². The molecule has 1 aliphatic rings. The average molecular weight is 400 g/mol. The Morgan fingerprint density at radius 1 is 1.24 bits per heavy atom. The normalized spacial score (nSPS) is 15.3. The van der Waals surface area contributed by atoms with Crippen LogP contribution in [-0.2, 0) is 14.3 Å². The van der Waals surface area contributed by atoms with Crippen LogP contribution in [0.25, 0.3) is 0 Å². The lowest BCUT2D eigenvalue weighted by molar-refractivity contribution is -0.148. The van der Waals surface area contributed by atoms with Crippen molar-refractivity contribution in [3.8, 4) is 5.75 Å². The Hall–Kier alpha value is -3.29. The second-order valence-corrected chi connectivity index (χ2v) is 6.75. The summed E-state index contributed by atoms with van der Waals surface area (Å²) in [6.45, 7) is 5.62. The topological polar surface area (TPSA) is 97.9 Å². The number of H-pyrrole nitrogens is 1. The van der Waals surface area contributed by atoms with E-state index in [4.69, 9.17) is 14.2 Å². The third-order valence-electron chi connectivity index (χ3n) is 4.86. The number of anilines is 1. The number of aromatic amines is 1. The molecule has 1 N–H and O–H groups in total. The molecule has 1 aliphatic heterocycles. The Bertz CT molecular complexity index is 949. The summed E-state index contributed by atoms with van der Waals surface area (Å²) in [6.07, 6.45) is -0.829. The molecule has 1 atom stereocenters. The fraction of sp³-hybridized carbons (Fsp3) is 0.381. The zero-order chi connectivity index (χ0) is 21.1. The number of aromatic nitrogens is 1. The number of hydrogen-bond acceptors (Lipinski definition) is 7. The second-order valence-electron chi connectivity index (χ2n) is 6.75. The van der Waals surface area contributed by atoms with Gasteiger partial charge < -0.3 is 24.1 Å². The molecule has 0 aliphatic carbocycles. The van der Waals surface area contributed by atoms with E-state index in [-0.39, 0.29) is 25.5 Å². The number of Topliss-reactive ketones (excluding diaryl/α,β-unsaturated/α-hetero) is 1. The van der Waals surface area contributed by atoms with Gasteiger partial charge in [0.1, 0.15) is 5.75 Å². The van der Waals surface area contributed by atoms with Crippen molar-refractivity contribution in [1.82, 2.24) is 4.98 Å². The van der Waals surface area contributed by atoms with E-state index in [9.17, 15) is 14.4 Å². The number of methoxy groups -OCH3 is 1. The number of rotatable bonds is 6. The molecule has 0 fully saturated rings. The highest BCUT2D eigenvalue weighted by Crippen LogP contribution is 2.33. The van der Waals surface area contributed by atoms with Crippen molar-refractivity contribution in [1.29, 1.82) is 0 Å². The van der Waals surface area contributed by atoms with E-state index in [0.717, 1.165) is 0 Å². The maximum atomic E-state index is 13.1. The molecule has 0 spiro atoms. The van der Waals surface area contributed by atoms with Crippen LogP contribution in [0.2, 0.25) is 0 Å². The van der Waals surface area contributed by atoms with Crippen molar-refractivity contribution in [2.75, 3.05) is 31.7 Å². The fourth-order valence-corrected chi connectivity index (χ4v) is 3.50. The van der Waals surface area contributed by atoms with Gasteiger partial charge in [0.15, 0.2) is 5.78 Å². The Morgan fingerprint density at radius 2 is 1.97 bits per heavy atom. The lowest BCUT2D eigenvalue weighted by Crippen LogP contribution is -2.46. The van der Waals surface area contributed by atoms with Crippen LogP contribution < -0.4 is 9.64 Å². The van der Waals surface area contributed by atoms with Crippen molar-refractivity contribution in [3.05, 3.63) is 46.8 Å². The number of carbonyl (C=O) groups is 3. The first-order valence-corrected chi connectivity index (χ1v) is 9.35. The van der Waals surface area contributed by atoms with Crippen molar-refractivity contribution in [2.24, 2.45) is 0 Å². The van der Waals surface area contributed by atoms with Crippen molar-refractivity contribution >= 4 is 23.4 Å². The molecule has 8 heteroatoms. The molecule has 1 aromatic carbocycles. The molecular formula is C21H24N2O6. The van der Waals surface area contributed by atoms with Gasteiger partial charge in [0.05, 0.1) is 43.8 Å². The first-order valence-electron chi connectivity index (χ1n) is 9.35. The minimum absolute atomic E-state index is 0.0108. The van der Waals surface area contributed by atoms with Crippen molar-refractivity contribution < 1.29 is 28.6 Å². The summed E-state index contributed by atoms with van der Waals surface area (Å²) in [4.78, 5) is 42.0. The standard InChI is InChI=1S/C21H24N2O6/c1-5-28-21(26)18-12(2)19(22-13(18)3)15(24)10-23-11-17(20(25)27-4)29-16-9-7-6-8-14(16)23/h6-9,17,22H,5,10-11H2,1-4H3/t17-/m0/s1. The van der Waals surface area contributed by atoms with Crippen LogP contribution in [0.1, 0.15) is 39.0 Å². The fourth-order valence-electron chi connectivity index (χ4n) is 3.50. The minimum Gasteiger partial charge on any atom is -0.475 e. The lowest BCUT2D eigenvalue weighted by Gasteiger charge is -2.34. The number of nitrogens with one attached hydrogen (secondary N) is 1. The van der Waals surface area contributed by atoms with Crippen LogP contribution in [0.5, 0.6) is 5.75 Å². The lowest BCUT2D eigenvalue weighted by atomic mass is 10.1. The van der Waals surface area contributed by atoms with Crippen LogP contribution >= 0.6 is 0 Å². The summed E-state index contributed by atoms with van der Waals surface area (Å²) >= 11 is 0. The Kier molecular flexibility index (Phi) is 5.91. The maximum absolute atomic E-state index is 13.1.